The fourth-order valence-electron chi connectivity index (χ4n) is 1.02. The first-order valence-electron chi connectivity index (χ1n) is 3.56. The van der Waals surface area contributed by atoms with Crippen molar-refractivity contribution in [3.63, 3.8) is 0 Å². The first-order chi connectivity index (χ1) is 5.29. The Hall–Kier alpha value is 0.0100. The van der Waals surface area contributed by atoms with Gasteiger partial charge in [0.15, 0.2) is 0 Å². The average Bonchev–Trinajstić information content (AvgIpc) is 2.40. The Balaban J connectivity index is 2.81. The quantitative estimate of drug-likeness (QED) is 0.786. The number of hydrogen-bond donors (Lipinski definition) is 1. The number of hydrogen-bond acceptors (Lipinski definition) is 3. The van der Waals surface area contributed by atoms with Gasteiger partial charge < -0.3 is 5.73 Å². The van der Waals surface area contributed by atoms with Gasteiger partial charge in [-0.05, 0) is 30.2 Å². The molecule has 0 aliphatic rings. The molecule has 0 bridgehead atoms. The third-order valence-electron chi connectivity index (χ3n) is 1.69. The monoisotopic (exact) mass is 187 g/mol. The van der Waals surface area contributed by atoms with Crippen LogP contribution in [0.2, 0.25) is 0 Å². The molecule has 0 radical (unpaired) electrons. The van der Waals surface area contributed by atoms with Crippen molar-refractivity contribution in [1.29, 1.82) is 0 Å². The van der Waals surface area contributed by atoms with Gasteiger partial charge in [0.1, 0.15) is 0 Å². The predicted octanol–water partition coefficient (Wildman–Crippen LogP) is 2.42. The van der Waals surface area contributed by atoms with Crippen molar-refractivity contribution in [3.8, 4) is 0 Å². The van der Waals surface area contributed by atoms with Crippen molar-refractivity contribution >= 4 is 23.1 Å². The van der Waals surface area contributed by atoms with Crippen LogP contribution < -0.4 is 5.73 Å². The molecular formula is C8H13NS2. The molecule has 0 aromatic carbocycles. The lowest BCUT2D eigenvalue weighted by molar-refractivity contribution is 0.956. The van der Waals surface area contributed by atoms with E-state index in [1.54, 1.807) is 11.3 Å². The lowest BCUT2D eigenvalue weighted by atomic mass is 10.2. The maximum atomic E-state index is 5.63. The highest BCUT2D eigenvalue weighted by Crippen LogP contribution is 2.31. The summed E-state index contributed by atoms with van der Waals surface area (Å²) < 4.78 is 0. The number of aryl methyl sites for hydroxylation is 1. The van der Waals surface area contributed by atoms with Crippen LogP contribution in [0, 0.1) is 6.92 Å². The average molecular weight is 187 g/mol. The van der Waals surface area contributed by atoms with Crippen LogP contribution in [0.25, 0.3) is 0 Å². The van der Waals surface area contributed by atoms with Gasteiger partial charge in [0.2, 0.25) is 0 Å². The summed E-state index contributed by atoms with van der Waals surface area (Å²) in [4.78, 5) is 1.43. The highest BCUT2D eigenvalue weighted by Gasteiger charge is 2.10. The Bertz CT molecular complexity index is 216. The molecule has 1 unspecified atom stereocenters. The van der Waals surface area contributed by atoms with E-state index in [-0.39, 0.29) is 0 Å². The van der Waals surface area contributed by atoms with Gasteiger partial charge in [0, 0.05) is 11.4 Å². The summed E-state index contributed by atoms with van der Waals surface area (Å²) in [6, 6.07) is 2.15. The molecule has 62 valence electrons. The van der Waals surface area contributed by atoms with Gasteiger partial charge in [0.25, 0.3) is 0 Å². The normalized spacial score (nSPS) is 13.4. The molecule has 0 aliphatic heterocycles. The van der Waals surface area contributed by atoms with Crippen molar-refractivity contribution in [3.05, 3.63) is 21.9 Å². The highest BCUT2D eigenvalue weighted by atomic mass is 32.2. The van der Waals surface area contributed by atoms with Crippen LogP contribution in [0.3, 0.4) is 0 Å². The molecule has 0 amide bonds. The van der Waals surface area contributed by atoms with Crippen LogP contribution in [0.4, 0.5) is 0 Å². The Morgan fingerprint density at radius 1 is 1.73 bits per heavy atom. The largest absolute Gasteiger partial charge is 0.329 e. The molecule has 0 spiro atoms. The zero-order valence-electron chi connectivity index (χ0n) is 6.83. The highest BCUT2D eigenvalue weighted by molar-refractivity contribution is 7.99. The SMILES string of the molecule is CSC(CN)c1sccc1C. The van der Waals surface area contributed by atoms with Crippen molar-refractivity contribution < 1.29 is 0 Å². The lowest BCUT2D eigenvalue weighted by Gasteiger charge is -2.10. The van der Waals surface area contributed by atoms with Crippen LogP contribution in [-0.2, 0) is 0 Å². The van der Waals surface area contributed by atoms with Crippen LogP contribution in [-0.4, -0.2) is 12.8 Å². The Labute approximate surface area is 76.0 Å². The zero-order valence-corrected chi connectivity index (χ0v) is 8.47. The van der Waals surface area contributed by atoms with E-state index in [4.69, 9.17) is 5.73 Å². The number of thiophene rings is 1. The summed E-state index contributed by atoms with van der Waals surface area (Å²) in [6.45, 7) is 2.88. The van der Waals surface area contributed by atoms with Gasteiger partial charge in [0.05, 0.1) is 5.25 Å². The van der Waals surface area contributed by atoms with Crippen LogP contribution in [0.15, 0.2) is 11.4 Å². The summed E-state index contributed by atoms with van der Waals surface area (Å²) >= 11 is 3.63. The number of thioether (sulfide) groups is 1. The molecule has 1 nitrogen and oxygen atoms in total. The van der Waals surface area contributed by atoms with E-state index in [0.717, 1.165) is 6.54 Å². The lowest BCUT2D eigenvalue weighted by Crippen LogP contribution is -2.08. The van der Waals surface area contributed by atoms with E-state index in [1.807, 2.05) is 11.8 Å². The third-order valence-corrected chi connectivity index (χ3v) is 3.97. The first-order valence-corrected chi connectivity index (χ1v) is 5.73. The van der Waals surface area contributed by atoms with Crippen molar-refractivity contribution in [1.82, 2.24) is 0 Å². The zero-order chi connectivity index (χ0) is 8.27. The fraction of sp³-hybridized carbons (Fsp3) is 0.500. The molecule has 0 saturated carbocycles. The fourth-order valence-corrected chi connectivity index (χ4v) is 2.99. The summed E-state index contributed by atoms with van der Waals surface area (Å²) in [5, 5.41) is 2.62. The van der Waals surface area contributed by atoms with Crippen molar-refractivity contribution in [2.24, 2.45) is 5.73 Å². The summed E-state index contributed by atoms with van der Waals surface area (Å²) in [7, 11) is 0. The standard InChI is InChI=1S/C8H13NS2/c1-6-3-4-11-8(6)7(5-9)10-2/h3-4,7H,5,9H2,1-2H3. The van der Waals surface area contributed by atoms with Crippen LogP contribution in [0.1, 0.15) is 15.7 Å². The molecule has 1 aromatic heterocycles. The van der Waals surface area contributed by atoms with Gasteiger partial charge in [-0.15, -0.1) is 11.3 Å². The van der Waals surface area contributed by atoms with E-state index >= 15 is 0 Å². The number of nitrogens with two attached hydrogens (primary N) is 1. The van der Waals surface area contributed by atoms with E-state index in [0.29, 0.717) is 5.25 Å². The van der Waals surface area contributed by atoms with Gasteiger partial charge in [-0.3, -0.25) is 0 Å². The van der Waals surface area contributed by atoms with Gasteiger partial charge in [-0.1, -0.05) is 0 Å². The second kappa shape index (κ2) is 4.14. The molecule has 1 rings (SSSR count). The van der Waals surface area contributed by atoms with E-state index in [9.17, 15) is 0 Å². The molecule has 1 heterocycles. The number of rotatable bonds is 3. The van der Waals surface area contributed by atoms with Crippen molar-refractivity contribution in [2.75, 3.05) is 12.8 Å². The minimum Gasteiger partial charge on any atom is -0.329 e. The second-order valence-corrected chi connectivity index (χ2v) is 4.42. The smallest absolute Gasteiger partial charge is 0.0513 e. The van der Waals surface area contributed by atoms with Gasteiger partial charge in [-0.25, -0.2) is 0 Å². The summed E-state index contributed by atoms with van der Waals surface area (Å²) in [5.74, 6) is 0. The molecule has 1 atom stereocenters. The van der Waals surface area contributed by atoms with Crippen LogP contribution >= 0.6 is 23.1 Å². The third kappa shape index (κ3) is 1.98. The minimum absolute atomic E-state index is 0.495. The first kappa shape index (κ1) is 9.10. The molecule has 1 aromatic rings. The predicted molar refractivity (Wildman–Crippen MR) is 54.4 cm³/mol. The Morgan fingerprint density at radius 3 is 2.82 bits per heavy atom. The van der Waals surface area contributed by atoms with E-state index in [1.165, 1.54) is 10.4 Å². The topological polar surface area (TPSA) is 26.0 Å². The molecule has 0 saturated heterocycles. The molecule has 3 heteroatoms. The Kier molecular flexibility index (Phi) is 3.43. The minimum atomic E-state index is 0.495. The molecular weight excluding hydrogens is 174 g/mol. The summed E-state index contributed by atoms with van der Waals surface area (Å²) in [6.07, 6.45) is 2.11. The maximum Gasteiger partial charge on any atom is 0.0513 e. The van der Waals surface area contributed by atoms with E-state index in [2.05, 4.69) is 24.6 Å². The summed E-state index contributed by atoms with van der Waals surface area (Å²) in [5.41, 5.74) is 7.00. The van der Waals surface area contributed by atoms with Crippen LogP contribution in [0.5, 0.6) is 0 Å². The molecule has 11 heavy (non-hydrogen) atoms. The van der Waals surface area contributed by atoms with E-state index < -0.39 is 0 Å². The molecule has 0 aliphatic carbocycles. The molecule has 0 fully saturated rings. The second-order valence-electron chi connectivity index (χ2n) is 2.43. The molecule has 2 N–H and O–H groups in total. The maximum absolute atomic E-state index is 5.63. The van der Waals surface area contributed by atoms with Gasteiger partial charge >= 0.3 is 0 Å². The van der Waals surface area contributed by atoms with Gasteiger partial charge in [-0.2, -0.15) is 11.8 Å². The Morgan fingerprint density at radius 2 is 2.45 bits per heavy atom. The van der Waals surface area contributed by atoms with Crippen molar-refractivity contribution in [2.45, 2.75) is 12.2 Å².